The topological polar surface area (TPSA) is 92.3 Å². The second-order valence-corrected chi connectivity index (χ2v) is 6.60. The van der Waals surface area contributed by atoms with E-state index in [0.717, 1.165) is 5.39 Å². The van der Waals surface area contributed by atoms with Crippen LogP contribution >= 0.6 is 11.6 Å². The van der Waals surface area contributed by atoms with Crippen molar-refractivity contribution in [3.63, 3.8) is 0 Å². The Hall–Kier alpha value is -3.94. The van der Waals surface area contributed by atoms with Crippen LogP contribution in [0.3, 0.4) is 0 Å². The minimum absolute atomic E-state index is 0.136. The first-order valence-electron chi connectivity index (χ1n) is 8.65. The van der Waals surface area contributed by atoms with Crippen molar-refractivity contribution in [1.82, 2.24) is 24.7 Å². The molecule has 0 aliphatic heterocycles. The van der Waals surface area contributed by atoms with Crippen LogP contribution in [-0.2, 0) is 7.05 Å². The van der Waals surface area contributed by atoms with Crippen molar-refractivity contribution in [2.45, 2.75) is 0 Å². The maximum absolute atomic E-state index is 9.58. The number of pyridine rings is 1. The smallest absolute Gasteiger partial charge is 0.183 e. The molecule has 0 spiro atoms. The van der Waals surface area contributed by atoms with Gasteiger partial charge in [-0.15, -0.1) is 6.42 Å². The third-order valence-electron chi connectivity index (χ3n) is 4.25. The fraction of sp³-hybridized carbons (Fsp3) is 0.0952. The molecule has 0 radical (unpaired) electrons. The average molecular weight is 400 g/mol. The van der Waals surface area contributed by atoms with Crippen molar-refractivity contribution >= 4 is 28.3 Å². The molecule has 140 valence electrons. The van der Waals surface area contributed by atoms with Gasteiger partial charge >= 0.3 is 0 Å². The van der Waals surface area contributed by atoms with E-state index in [0.29, 0.717) is 39.0 Å². The van der Waals surface area contributed by atoms with E-state index in [1.807, 2.05) is 37.5 Å². The van der Waals surface area contributed by atoms with Crippen molar-refractivity contribution in [2.24, 2.45) is 7.05 Å². The summed E-state index contributed by atoms with van der Waals surface area (Å²) in [6, 6.07) is 11.3. The van der Waals surface area contributed by atoms with Crippen LogP contribution in [0.2, 0.25) is 5.02 Å². The molecule has 0 aliphatic rings. The molecule has 1 N–H and O–H groups in total. The molecule has 1 aromatic carbocycles. The van der Waals surface area contributed by atoms with E-state index in [-0.39, 0.29) is 12.2 Å². The minimum atomic E-state index is 0.136. The number of nitrogens with zero attached hydrogens (tertiary/aromatic N) is 6. The molecule has 0 amide bonds. The Labute approximate surface area is 172 Å². The van der Waals surface area contributed by atoms with Crippen LogP contribution < -0.4 is 5.32 Å². The van der Waals surface area contributed by atoms with Crippen LogP contribution in [-0.4, -0.2) is 31.3 Å². The van der Waals surface area contributed by atoms with Gasteiger partial charge in [-0.1, -0.05) is 23.6 Å². The summed E-state index contributed by atoms with van der Waals surface area (Å²) in [7, 11) is 1.82. The number of anilines is 1. The monoisotopic (exact) mass is 399 g/mol. The number of aryl methyl sites for hydroxylation is 1. The standard InChI is InChI=1S/C21H14ClN7/c1-3-7-25-21-17(12-23)26-19(20(27-21)16-6-9-29(2)28-16)14-10-13-5-4-8-24-18(13)15(22)11-14/h1,4-6,8-11H,7H2,2H3,(H,25,27). The van der Waals surface area contributed by atoms with Gasteiger partial charge in [0.2, 0.25) is 0 Å². The number of rotatable bonds is 4. The fourth-order valence-electron chi connectivity index (χ4n) is 2.98. The number of nitrogens with one attached hydrogen (secondary N) is 1. The molecule has 29 heavy (non-hydrogen) atoms. The molecule has 8 heteroatoms. The van der Waals surface area contributed by atoms with E-state index in [2.05, 4.69) is 37.4 Å². The first-order chi connectivity index (χ1) is 14.1. The molecule has 0 saturated carbocycles. The van der Waals surface area contributed by atoms with Gasteiger partial charge in [-0.25, -0.2) is 9.97 Å². The van der Waals surface area contributed by atoms with Crippen molar-refractivity contribution in [3.05, 3.63) is 53.4 Å². The van der Waals surface area contributed by atoms with Gasteiger partial charge in [0.25, 0.3) is 0 Å². The van der Waals surface area contributed by atoms with E-state index in [9.17, 15) is 5.26 Å². The van der Waals surface area contributed by atoms with E-state index >= 15 is 0 Å². The second-order valence-electron chi connectivity index (χ2n) is 6.20. The Morgan fingerprint density at radius 3 is 2.83 bits per heavy atom. The number of nitriles is 1. The Balaban J connectivity index is 1.99. The first kappa shape index (κ1) is 18.4. The molecule has 4 rings (SSSR count). The highest BCUT2D eigenvalue weighted by atomic mass is 35.5. The van der Waals surface area contributed by atoms with Crippen molar-refractivity contribution < 1.29 is 0 Å². The normalized spacial score (nSPS) is 10.5. The number of benzene rings is 1. The Morgan fingerprint density at radius 1 is 1.24 bits per heavy atom. The second kappa shape index (κ2) is 7.59. The lowest BCUT2D eigenvalue weighted by Crippen LogP contribution is -2.08. The molecule has 0 bridgehead atoms. The molecule has 3 heterocycles. The van der Waals surface area contributed by atoms with Crippen LogP contribution in [0.1, 0.15) is 5.69 Å². The van der Waals surface area contributed by atoms with Gasteiger partial charge in [0.15, 0.2) is 11.5 Å². The lowest BCUT2D eigenvalue weighted by atomic mass is 10.0. The van der Waals surface area contributed by atoms with E-state index in [1.165, 1.54) is 0 Å². The zero-order chi connectivity index (χ0) is 20.4. The van der Waals surface area contributed by atoms with Crippen LogP contribution in [0.5, 0.6) is 0 Å². The summed E-state index contributed by atoms with van der Waals surface area (Å²) in [5.74, 6) is 2.78. The van der Waals surface area contributed by atoms with Crippen LogP contribution in [0.4, 0.5) is 5.82 Å². The maximum atomic E-state index is 9.58. The first-order valence-corrected chi connectivity index (χ1v) is 9.02. The minimum Gasteiger partial charge on any atom is -0.357 e. The van der Waals surface area contributed by atoms with Crippen LogP contribution in [0.15, 0.2) is 42.7 Å². The zero-order valence-electron chi connectivity index (χ0n) is 15.4. The number of fused-ring (bicyclic) bond motifs is 1. The van der Waals surface area contributed by atoms with E-state index < -0.39 is 0 Å². The number of hydrogen-bond donors (Lipinski definition) is 1. The van der Waals surface area contributed by atoms with Gasteiger partial charge in [0.05, 0.1) is 17.1 Å². The third-order valence-corrected chi connectivity index (χ3v) is 4.54. The van der Waals surface area contributed by atoms with Crippen LogP contribution in [0, 0.1) is 23.7 Å². The average Bonchev–Trinajstić information content (AvgIpc) is 3.17. The van der Waals surface area contributed by atoms with E-state index in [4.69, 9.17) is 18.0 Å². The quantitative estimate of drug-likeness (QED) is 0.526. The summed E-state index contributed by atoms with van der Waals surface area (Å²) in [6.45, 7) is 0.220. The summed E-state index contributed by atoms with van der Waals surface area (Å²) < 4.78 is 1.67. The number of halogens is 1. The van der Waals surface area contributed by atoms with Gasteiger partial charge < -0.3 is 5.32 Å². The number of aromatic nitrogens is 5. The molecule has 0 fully saturated rings. The molecular weight excluding hydrogens is 386 g/mol. The molecule has 0 atom stereocenters. The van der Waals surface area contributed by atoms with E-state index in [1.54, 1.807) is 16.9 Å². The zero-order valence-corrected chi connectivity index (χ0v) is 16.1. The Kier molecular flexibility index (Phi) is 4.82. The van der Waals surface area contributed by atoms with Gasteiger partial charge in [-0.3, -0.25) is 9.67 Å². The highest BCUT2D eigenvalue weighted by Crippen LogP contribution is 2.34. The molecule has 0 aliphatic carbocycles. The molecule has 0 unspecified atom stereocenters. The lowest BCUT2D eigenvalue weighted by Gasteiger charge is -2.12. The molecular formula is C21H14ClN7. The summed E-state index contributed by atoms with van der Waals surface area (Å²) >= 11 is 6.46. The van der Waals surface area contributed by atoms with Crippen molar-refractivity contribution in [1.29, 1.82) is 5.26 Å². The lowest BCUT2D eigenvalue weighted by molar-refractivity contribution is 0.770. The van der Waals surface area contributed by atoms with Crippen molar-refractivity contribution in [2.75, 3.05) is 11.9 Å². The Bertz CT molecular complexity index is 1310. The third kappa shape index (κ3) is 3.47. The fourth-order valence-corrected chi connectivity index (χ4v) is 3.25. The van der Waals surface area contributed by atoms with Gasteiger partial charge in [0.1, 0.15) is 23.2 Å². The van der Waals surface area contributed by atoms with Crippen LogP contribution in [0.25, 0.3) is 33.5 Å². The van der Waals surface area contributed by atoms with Gasteiger partial charge in [0, 0.05) is 30.4 Å². The highest BCUT2D eigenvalue weighted by Gasteiger charge is 2.19. The van der Waals surface area contributed by atoms with Crippen molar-refractivity contribution in [3.8, 4) is 41.1 Å². The van der Waals surface area contributed by atoms with Gasteiger partial charge in [-0.05, 0) is 24.3 Å². The summed E-state index contributed by atoms with van der Waals surface area (Å²) in [5.41, 5.74) is 3.17. The summed E-state index contributed by atoms with van der Waals surface area (Å²) in [5, 5.41) is 18.3. The predicted molar refractivity (Wildman–Crippen MR) is 112 cm³/mol. The summed E-state index contributed by atoms with van der Waals surface area (Å²) in [6.07, 6.45) is 8.83. The SMILES string of the molecule is C#CCNc1nc(-c2ccn(C)n2)c(-c2cc(Cl)c3ncccc3c2)nc1C#N. The number of terminal acetylenes is 1. The molecule has 4 aromatic rings. The molecule has 3 aromatic heterocycles. The summed E-state index contributed by atoms with van der Waals surface area (Å²) in [4.78, 5) is 13.5. The number of hydrogen-bond acceptors (Lipinski definition) is 6. The predicted octanol–water partition coefficient (Wildman–Crippen LogP) is 3.66. The maximum Gasteiger partial charge on any atom is 0.183 e. The highest BCUT2D eigenvalue weighted by molar-refractivity contribution is 6.35. The largest absolute Gasteiger partial charge is 0.357 e. The molecule has 0 saturated heterocycles. The van der Waals surface area contributed by atoms with Gasteiger partial charge in [-0.2, -0.15) is 10.4 Å². The molecule has 7 nitrogen and oxygen atoms in total. The Morgan fingerprint density at radius 2 is 2.10 bits per heavy atom.